The summed E-state index contributed by atoms with van der Waals surface area (Å²) in [6.07, 6.45) is 2.59. The Kier molecular flexibility index (Phi) is 4.78. The van der Waals surface area contributed by atoms with Gasteiger partial charge in [-0.3, -0.25) is 10.1 Å². The number of carbonyl (C=O) groups excluding carboxylic acids is 1. The molecule has 1 atom stereocenters. The summed E-state index contributed by atoms with van der Waals surface area (Å²) >= 11 is 0. The zero-order valence-electron chi connectivity index (χ0n) is 13.8. The molecule has 2 heterocycles. The van der Waals surface area contributed by atoms with Crippen LogP contribution in [0.2, 0.25) is 0 Å². The topological polar surface area (TPSA) is 100 Å². The van der Waals surface area contributed by atoms with Crippen molar-refractivity contribution < 1.29 is 9.72 Å². The lowest BCUT2D eigenvalue weighted by Gasteiger charge is -2.18. The normalized spacial score (nSPS) is 16.5. The highest BCUT2D eigenvalue weighted by Crippen LogP contribution is 2.21. The molecule has 1 aliphatic rings. The predicted molar refractivity (Wildman–Crippen MR) is 94.8 cm³/mol. The molecular weight excluding hydrogens is 322 g/mol. The minimum Gasteiger partial charge on any atom is -0.354 e. The molecule has 2 aromatic rings. The van der Waals surface area contributed by atoms with Crippen molar-refractivity contribution in [3.63, 3.8) is 0 Å². The summed E-state index contributed by atoms with van der Waals surface area (Å²) in [5, 5.41) is 16.5. The molecule has 130 valence electrons. The number of nitrogens with zero attached hydrogens (tertiary/aromatic N) is 3. The standard InChI is InChI=1S/C17H19N5O3/c1-12-10-14(22(24)25)5-6-15(12)20-17(23)19-13-7-9-21(11-13)16-4-2-3-8-18-16/h2-6,8,10,13H,7,9,11H2,1H3,(H2,19,20,23)/t13-/m1/s1. The van der Waals surface area contributed by atoms with Crippen molar-refractivity contribution in [2.75, 3.05) is 23.3 Å². The highest BCUT2D eigenvalue weighted by Gasteiger charge is 2.24. The number of carbonyl (C=O) groups is 1. The maximum atomic E-state index is 12.2. The Hall–Kier alpha value is -3.16. The Morgan fingerprint density at radius 2 is 2.20 bits per heavy atom. The molecule has 8 heteroatoms. The van der Waals surface area contributed by atoms with Crippen molar-refractivity contribution in [2.24, 2.45) is 0 Å². The Labute approximate surface area is 145 Å². The second-order valence-electron chi connectivity index (χ2n) is 5.97. The molecule has 1 fully saturated rings. The van der Waals surface area contributed by atoms with Gasteiger partial charge in [-0.1, -0.05) is 6.07 Å². The second-order valence-corrected chi connectivity index (χ2v) is 5.97. The number of benzene rings is 1. The van der Waals surface area contributed by atoms with E-state index in [1.165, 1.54) is 12.1 Å². The number of nitro groups is 1. The van der Waals surface area contributed by atoms with E-state index in [1.807, 2.05) is 18.2 Å². The van der Waals surface area contributed by atoms with Gasteiger partial charge in [0.25, 0.3) is 5.69 Å². The minimum absolute atomic E-state index is 0.00486. The number of pyridine rings is 1. The highest BCUT2D eigenvalue weighted by atomic mass is 16.6. The number of hydrogen-bond donors (Lipinski definition) is 2. The third-order valence-corrected chi connectivity index (χ3v) is 4.17. The number of non-ortho nitro benzene ring substituents is 1. The lowest BCUT2D eigenvalue weighted by Crippen LogP contribution is -2.39. The Balaban J connectivity index is 1.56. The Morgan fingerprint density at radius 3 is 2.88 bits per heavy atom. The van der Waals surface area contributed by atoms with Gasteiger partial charge in [0.1, 0.15) is 5.82 Å². The predicted octanol–water partition coefficient (Wildman–Crippen LogP) is 2.70. The molecule has 1 aromatic heterocycles. The van der Waals surface area contributed by atoms with Crippen molar-refractivity contribution >= 4 is 23.2 Å². The molecule has 25 heavy (non-hydrogen) atoms. The molecular formula is C17H19N5O3. The van der Waals surface area contributed by atoms with Crippen LogP contribution in [-0.2, 0) is 0 Å². The van der Waals surface area contributed by atoms with Gasteiger partial charge in [-0.15, -0.1) is 0 Å². The van der Waals surface area contributed by atoms with Gasteiger partial charge in [-0.05, 0) is 37.1 Å². The number of anilines is 2. The molecule has 3 rings (SSSR count). The molecule has 0 aliphatic carbocycles. The summed E-state index contributed by atoms with van der Waals surface area (Å²) in [4.78, 5) is 28.9. The quantitative estimate of drug-likeness (QED) is 0.658. The van der Waals surface area contributed by atoms with E-state index in [0.717, 1.165) is 18.8 Å². The summed E-state index contributed by atoms with van der Waals surface area (Å²) < 4.78 is 0. The van der Waals surface area contributed by atoms with Crippen LogP contribution in [0, 0.1) is 17.0 Å². The molecule has 0 bridgehead atoms. The molecule has 0 unspecified atom stereocenters. The molecule has 1 saturated heterocycles. The van der Waals surface area contributed by atoms with Gasteiger partial charge in [0.2, 0.25) is 0 Å². The van der Waals surface area contributed by atoms with Gasteiger partial charge in [0, 0.05) is 43.1 Å². The van der Waals surface area contributed by atoms with Crippen molar-refractivity contribution in [3.8, 4) is 0 Å². The van der Waals surface area contributed by atoms with Crippen LogP contribution in [0.25, 0.3) is 0 Å². The van der Waals surface area contributed by atoms with E-state index in [0.29, 0.717) is 17.8 Å². The van der Waals surface area contributed by atoms with Gasteiger partial charge in [0.15, 0.2) is 0 Å². The highest BCUT2D eigenvalue weighted by molar-refractivity contribution is 5.90. The first-order chi connectivity index (χ1) is 12.0. The summed E-state index contributed by atoms with van der Waals surface area (Å²) in [6, 6.07) is 9.83. The van der Waals surface area contributed by atoms with E-state index < -0.39 is 4.92 Å². The van der Waals surface area contributed by atoms with E-state index in [-0.39, 0.29) is 17.8 Å². The van der Waals surface area contributed by atoms with Crippen molar-refractivity contribution in [1.29, 1.82) is 0 Å². The fourth-order valence-electron chi connectivity index (χ4n) is 2.87. The van der Waals surface area contributed by atoms with Crippen molar-refractivity contribution in [3.05, 3.63) is 58.3 Å². The maximum Gasteiger partial charge on any atom is 0.319 e. The molecule has 0 saturated carbocycles. The fourth-order valence-corrected chi connectivity index (χ4v) is 2.87. The summed E-state index contributed by atoms with van der Waals surface area (Å²) in [7, 11) is 0. The van der Waals surface area contributed by atoms with E-state index in [2.05, 4.69) is 20.5 Å². The van der Waals surface area contributed by atoms with Crippen molar-refractivity contribution in [2.45, 2.75) is 19.4 Å². The lowest BCUT2D eigenvalue weighted by atomic mass is 10.2. The first-order valence-electron chi connectivity index (χ1n) is 8.01. The number of aryl methyl sites for hydroxylation is 1. The van der Waals surface area contributed by atoms with Crippen LogP contribution in [0.5, 0.6) is 0 Å². The Morgan fingerprint density at radius 1 is 1.36 bits per heavy atom. The minimum atomic E-state index is -0.457. The van der Waals surface area contributed by atoms with Gasteiger partial charge in [-0.25, -0.2) is 9.78 Å². The van der Waals surface area contributed by atoms with E-state index in [1.54, 1.807) is 19.2 Å². The molecule has 1 aliphatic heterocycles. The Bertz CT molecular complexity index is 781. The van der Waals surface area contributed by atoms with E-state index in [4.69, 9.17) is 0 Å². The van der Waals surface area contributed by atoms with Crippen LogP contribution in [0.4, 0.5) is 22.0 Å². The number of rotatable bonds is 4. The van der Waals surface area contributed by atoms with Crippen LogP contribution >= 0.6 is 0 Å². The fraction of sp³-hybridized carbons (Fsp3) is 0.294. The van der Waals surface area contributed by atoms with Gasteiger partial charge in [0.05, 0.1) is 4.92 Å². The average Bonchev–Trinajstić information content (AvgIpc) is 3.05. The molecule has 1 aromatic carbocycles. The zero-order chi connectivity index (χ0) is 17.8. The first-order valence-corrected chi connectivity index (χ1v) is 8.01. The van der Waals surface area contributed by atoms with Crippen LogP contribution in [-0.4, -0.2) is 35.1 Å². The monoisotopic (exact) mass is 341 g/mol. The molecule has 2 amide bonds. The van der Waals surface area contributed by atoms with E-state index in [9.17, 15) is 14.9 Å². The molecule has 2 N–H and O–H groups in total. The molecule has 0 radical (unpaired) electrons. The van der Waals surface area contributed by atoms with Gasteiger partial charge in [-0.2, -0.15) is 0 Å². The SMILES string of the molecule is Cc1cc([N+](=O)[O-])ccc1NC(=O)N[C@@H]1CCN(c2ccccn2)C1. The number of amides is 2. The summed E-state index contributed by atoms with van der Waals surface area (Å²) in [5.41, 5.74) is 1.21. The third kappa shape index (κ3) is 4.03. The number of urea groups is 1. The largest absolute Gasteiger partial charge is 0.354 e. The first kappa shape index (κ1) is 16.7. The van der Waals surface area contributed by atoms with Crippen molar-refractivity contribution in [1.82, 2.24) is 10.3 Å². The summed E-state index contributed by atoms with van der Waals surface area (Å²) in [6.45, 7) is 3.25. The van der Waals surface area contributed by atoms with E-state index >= 15 is 0 Å². The number of aromatic nitrogens is 1. The molecule has 8 nitrogen and oxygen atoms in total. The summed E-state index contributed by atoms with van der Waals surface area (Å²) in [5.74, 6) is 0.901. The number of hydrogen-bond acceptors (Lipinski definition) is 5. The smallest absolute Gasteiger partial charge is 0.319 e. The van der Waals surface area contributed by atoms with Crippen LogP contribution < -0.4 is 15.5 Å². The third-order valence-electron chi connectivity index (χ3n) is 4.17. The average molecular weight is 341 g/mol. The van der Waals surface area contributed by atoms with Crippen LogP contribution in [0.3, 0.4) is 0 Å². The zero-order valence-corrected chi connectivity index (χ0v) is 13.8. The van der Waals surface area contributed by atoms with Gasteiger partial charge < -0.3 is 15.5 Å². The number of nitro benzene ring substituents is 1. The number of nitrogens with one attached hydrogen (secondary N) is 2. The van der Waals surface area contributed by atoms with Gasteiger partial charge >= 0.3 is 6.03 Å². The van der Waals surface area contributed by atoms with Crippen LogP contribution in [0.15, 0.2) is 42.6 Å². The molecule has 0 spiro atoms. The second kappa shape index (κ2) is 7.16. The van der Waals surface area contributed by atoms with Crippen LogP contribution in [0.1, 0.15) is 12.0 Å². The lowest BCUT2D eigenvalue weighted by molar-refractivity contribution is -0.384. The maximum absolute atomic E-state index is 12.2.